The van der Waals surface area contributed by atoms with E-state index in [-0.39, 0.29) is 28.2 Å². The molecule has 4 nitrogen and oxygen atoms in total. The molecule has 1 amide bonds. The van der Waals surface area contributed by atoms with Crippen LogP contribution in [0.1, 0.15) is 60.9 Å². The van der Waals surface area contributed by atoms with Gasteiger partial charge in [-0.1, -0.05) is 6.42 Å². The largest absolute Gasteiger partial charge is 0.496 e. The smallest absolute Gasteiger partial charge is 0.416 e. The zero-order valence-electron chi connectivity index (χ0n) is 16.2. The number of nitrogens with one attached hydrogen (secondary N) is 2. The predicted molar refractivity (Wildman–Crippen MR) is 104 cm³/mol. The average Bonchev–Trinajstić information content (AvgIpc) is 2.63. The lowest BCUT2D eigenvalue weighted by Crippen LogP contribution is -2.47. The van der Waals surface area contributed by atoms with Gasteiger partial charge in [0.15, 0.2) is 0 Å². The normalized spacial score (nSPS) is 23.2. The minimum absolute atomic E-state index is 0.0358. The zero-order valence-corrected chi connectivity index (χ0v) is 17.0. The molecule has 0 atom stereocenters. The maximum Gasteiger partial charge on any atom is 0.416 e. The van der Waals surface area contributed by atoms with Gasteiger partial charge in [-0.3, -0.25) is 4.79 Å². The van der Waals surface area contributed by atoms with Crippen molar-refractivity contribution in [3.63, 3.8) is 0 Å². The molecule has 0 unspecified atom stereocenters. The number of ether oxygens (including phenoxy) is 1. The summed E-state index contributed by atoms with van der Waals surface area (Å²) in [6, 6.07) is 3.10. The Kier molecular flexibility index (Phi) is 6.81. The molecule has 0 saturated heterocycles. The minimum Gasteiger partial charge on any atom is -0.496 e. The molecule has 0 aromatic heterocycles. The maximum absolute atomic E-state index is 13.1. The highest BCUT2D eigenvalue weighted by Crippen LogP contribution is 2.38. The van der Waals surface area contributed by atoms with Crippen molar-refractivity contribution in [1.29, 1.82) is 0 Å². The van der Waals surface area contributed by atoms with E-state index >= 15 is 0 Å². The van der Waals surface area contributed by atoms with Crippen LogP contribution in [-0.4, -0.2) is 37.4 Å². The number of hydrogen-bond donors (Lipinski definition) is 2. The summed E-state index contributed by atoms with van der Waals surface area (Å²) in [7, 11) is 1.29. The fraction of sp³-hybridized carbons (Fsp3) is 0.650. The molecule has 2 saturated carbocycles. The van der Waals surface area contributed by atoms with E-state index < -0.39 is 11.7 Å². The molecule has 0 heterocycles. The molecule has 0 radical (unpaired) electrons. The van der Waals surface area contributed by atoms with Gasteiger partial charge in [-0.25, -0.2) is 0 Å². The van der Waals surface area contributed by atoms with Crippen LogP contribution in [0.25, 0.3) is 0 Å². The van der Waals surface area contributed by atoms with Crippen molar-refractivity contribution in [2.75, 3.05) is 13.4 Å². The molecule has 1 aromatic carbocycles. The molecule has 2 aliphatic carbocycles. The Bertz CT molecular complexity index is 674. The molecule has 2 fully saturated rings. The van der Waals surface area contributed by atoms with Gasteiger partial charge in [-0.2, -0.15) is 13.2 Å². The van der Waals surface area contributed by atoms with Crippen molar-refractivity contribution in [3.8, 4) is 5.75 Å². The van der Waals surface area contributed by atoms with Crippen LogP contribution in [0.3, 0.4) is 0 Å². The summed E-state index contributed by atoms with van der Waals surface area (Å²) in [4.78, 5) is 13.1. The highest BCUT2D eigenvalue weighted by molar-refractivity contribution is 7.98. The Morgan fingerprint density at radius 1 is 1.07 bits per heavy atom. The Balaban J connectivity index is 1.66. The number of thioether (sulfide) groups is 1. The van der Waals surface area contributed by atoms with Gasteiger partial charge in [0.05, 0.1) is 18.2 Å². The standard InChI is InChI=1S/C20H27F3N2O2S/c1-27-16-10-12(20(21,22)23)11-17(28-2)18(16)19(26)25-15-8-6-14(7-9-15)24-13-4-3-5-13/h10-11,13-15,24H,3-9H2,1-2H3,(H,25,26). The molecule has 8 heteroatoms. The summed E-state index contributed by atoms with van der Waals surface area (Å²) < 4.78 is 44.5. The average molecular weight is 417 g/mol. The molecular weight excluding hydrogens is 389 g/mol. The monoisotopic (exact) mass is 416 g/mol. The number of rotatable bonds is 6. The molecule has 28 heavy (non-hydrogen) atoms. The topological polar surface area (TPSA) is 50.4 Å². The van der Waals surface area contributed by atoms with Gasteiger partial charge in [0.25, 0.3) is 5.91 Å². The molecular formula is C20H27F3N2O2S. The lowest BCUT2D eigenvalue weighted by atomic mass is 9.87. The van der Waals surface area contributed by atoms with Crippen LogP contribution in [0, 0.1) is 0 Å². The summed E-state index contributed by atoms with van der Waals surface area (Å²) in [6.45, 7) is 0. The van der Waals surface area contributed by atoms with Crippen LogP contribution in [0.5, 0.6) is 5.75 Å². The first-order chi connectivity index (χ1) is 13.3. The Morgan fingerprint density at radius 2 is 1.68 bits per heavy atom. The second-order valence-electron chi connectivity index (χ2n) is 7.57. The van der Waals surface area contributed by atoms with Crippen LogP contribution < -0.4 is 15.4 Å². The van der Waals surface area contributed by atoms with E-state index in [0.29, 0.717) is 12.1 Å². The molecule has 3 rings (SSSR count). The van der Waals surface area contributed by atoms with Gasteiger partial charge < -0.3 is 15.4 Å². The van der Waals surface area contributed by atoms with E-state index in [1.54, 1.807) is 6.26 Å². The number of amides is 1. The van der Waals surface area contributed by atoms with Crippen LogP contribution in [0.4, 0.5) is 13.2 Å². The molecule has 0 spiro atoms. The third-order valence-electron chi connectivity index (χ3n) is 5.70. The van der Waals surface area contributed by atoms with E-state index in [4.69, 9.17) is 4.74 Å². The fourth-order valence-corrected chi connectivity index (χ4v) is 4.51. The van der Waals surface area contributed by atoms with Gasteiger partial charge in [-0.05, 0) is 56.9 Å². The Labute approximate surface area is 168 Å². The summed E-state index contributed by atoms with van der Waals surface area (Å²) in [6.07, 6.45) is 4.71. The van der Waals surface area contributed by atoms with Crippen molar-refractivity contribution in [2.45, 2.75) is 74.1 Å². The van der Waals surface area contributed by atoms with E-state index in [2.05, 4.69) is 10.6 Å². The van der Waals surface area contributed by atoms with Crippen LogP contribution in [-0.2, 0) is 6.18 Å². The van der Waals surface area contributed by atoms with Crippen LogP contribution >= 0.6 is 11.8 Å². The minimum atomic E-state index is -4.49. The highest BCUT2D eigenvalue weighted by atomic mass is 32.2. The summed E-state index contributed by atoms with van der Waals surface area (Å²) >= 11 is 1.11. The predicted octanol–water partition coefficient (Wildman–Crippen LogP) is 4.62. The van der Waals surface area contributed by atoms with Crippen LogP contribution in [0.15, 0.2) is 17.0 Å². The fourth-order valence-electron chi connectivity index (χ4n) is 3.87. The van der Waals surface area contributed by atoms with Crippen molar-refractivity contribution >= 4 is 17.7 Å². The van der Waals surface area contributed by atoms with Gasteiger partial charge in [-0.15, -0.1) is 11.8 Å². The number of carbonyl (C=O) groups excluding carboxylic acids is 1. The number of hydrogen-bond acceptors (Lipinski definition) is 4. The van der Waals surface area contributed by atoms with Gasteiger partial charge in [0.1, 0.15) is 5.75 Å². The number of alkyl halides is 3. The number of methoxy groups -OCH3 is 1. The van der Waals surface area contributed by atoms with Gasteiger partial charge in [0.2, 0.25) is 0 Å². The van der Waals surface area contributed by atoms with Crippen molar-refractivity contribution in [1.82, 2.24) is 10.6 Å². The summed E-state index contributed by atoms with van der Waals surface area (Å²) in [5.74, 6) is -0.415. The number of benzene rings is 1. The van der Waals surface area contributed by atoms with E-state index in [1.807, 2.05) is 0 Å². The second kappa shape index (κ2) is 8.95. The second-order valence-corrected chi connectivity index (χ2v) is 8.42. The van der Waals surface area contributed by atoms with Gasteiger partial charge in [0, 0.05) is 23.0 Å². The molecule has 2 N–H and O–H groups in total. The zero-order chi connectivity index (χ0) is 20.3. The number of carbonyl (C=O) groups is 1. The van der Waals surface area contributed by atoms with E-state index in [0.717, 1.165) is 49.6 Å². The first kappa shape index (κ1) is 21.3. The van der Waals surface area contributed by atoms with Gasteiger partial charge >= 0.3 is 6.18 Å². The molecule has 1 aromatic rings. The molecule has 0 bridgehead atoms. The Morgan fingerprint density at radius 3 is 2.18 bits per heavy atom. The summed E-state index contributed by atoms with van der Waals surface area (Å²) in [5.41, 5.74) is -0.634. The lowest BCUT2D eigenvalue weighted by Gasteiger charge is -2.35. The molecule has 0 aliphatic heterocycles. The first-order valence-electron chi connectivity index (χ1n) is 9.72. The third-order valence-corrected chi connectivity index (χ3v) is 6.46. The molecule has 2 aliphatic rings. The quantitative estimate of drug-likeness (QED) is 0.665. The highest BCUT2D eigenvalue weighted by Gasteiger charge is 2.34. The maximum atomic E-state index is 13.1. The Hall–Kier alpha value is -1.41. The van der Waals surface area contributed by atoms with Crippen molar-refractivity contribution in [2.24, 2.45) is 0 Å². The van der Waals surface area contributed by atoms with Crippen LogP contribution in [0.2, 0.25) is 0 Å². The number of halogens is 3. The van der Waals surface area contributed by atoms with Crippen molar-refractivity contribution < 1.29 is 22.7 Å². The van der Waals surface area contributed by atoms with E-state index in [1.165, 1.54) is 26.4 Å². The first-order valence-corrected chi connectivity index (χ1v) is 10.9. The molecule has 156 valence electrons. The van der Waals surface area contributed by atoms with Crippen molar-refractivity contribution in [3.05, 3.63) is 23.3 Å². The summed E-state index contributed by atoms with van der Waals surface area (Å²) in [5, 5.41) is 6.68. The lowest BCUT2D eigenvalue weighted by molar-refractivity contribution is -0.137. The third kappa shape index (κ3) is 4.95. The van der Waals surface area contributed by atoms with E-state index in [9.17, 15) is 18.0 Å². The SMILES string of the molecule is COc1cc(C(F)(F)F)cc(SC)c1C(=O)NC1CCC(NC2CCC2)CC1.